The van der Waals surface area contributed by atoms with E-state index in [9.17, 15) is 9.50 Å². The zero-order chi connectivity index (χ0) is 12.4. The molecule has 0 saturated carbocycles. The Bertz CT molecular complexity index is 528. The van der Waals surface area contributed by atoms with Crippen LogP contribution in [0.1, 0.15) is 17.2 Å². The highest BCUT2D eigenvalue weighted by atomic mass is 79.9. The van der Waals surface area contributed by atoms with Crippen molar-refractivity contribution >= 4 is 21.7 Å². The Hall–Kier alpha value is -1.46. The highest BCUT2D eigenvalue weighted by molar-refractivity contribution is 9.10. The second kappa shape index (κ2) is 4.81. The van der Waals surface area contributed by atoms with Crippen LogP contribution in [-0.4, -0.2) is 10.1 Å². The summed E-state index contributed by atoms with van der Waals surface area (Å²) in [6, 6.07) is 7.56. The van der Waals surface area contributed by atoms with E-state index in [2.05, 4.69) is 20.9 Å². The fraction of sp³-hybridized carbons (Fsp3) is 0.0833. The van der Waals surface area contributed by atoms with Gasteiger partial charge in [-0.3, -0.25) is 0 Å². The maximum Gasteiger partial charge on any atom is 0.129 e. The van der Waals surface area contributed by atoms with Gasteiger partial charge in [-0.05, 0) is 29.8 Å². The third-order valence-corrected chi connectivity index (χ3v) is 2.82. The van der Waals surface area contributed by atoms with Gasteiger partial charge in [0.1, 0.15) is 17.7 Å². The van der Waals surface area contributed by atoms with E-state index in [1.807, 2.05) is 0 Å². The maximum absolute atomic E-state index is 13.2. The SMILES string of the molecule is Nc1ncccc1C(O)c1cc(F)cc(Br)c1. The molecule has 1 aromatic carbocycles. The number of pyridine rings is 1. The van der Waals surface area contributed by atoms with Crippen LogP contribution in [0.25, 0.3) is 0 Å². The number of nitrogens with two attached hydrogens (primary N) is 1. The Morgan fingerprint density at radius 1 is 1.35 bits per heavy atom. The van der Waals surface area contributed by atoms with Gasteiger partial charge < -0.3 is 10.8 Å². The normalized spacial score (nSPS) is 12.4. The summed E-state index contributed by atoms with van der Waals surface area (Å²) < 4.78 is 13.8. The van der Waals surface area contributed by atoms with Crippen LogP contribution in [0.2, 0.25) is 0 Å². The van der Waals surface area contributed by atoms with Crippen LogP contribution in [0.5, 0.6) is 0 Å². The molecule has 17 heavy (non-hydrogen) atoms. The standard InChI is InChI=1S/C12H10BrFN2O/c13-8-4-7(5-9(14)6-8)11(17)10-2-1-3-16-12(10)15/h1-6,11,17H,(H2,15,16). The second-order valence-electron chi connectivity index (χ2n) is 3.58. The average Bonchev–Trinajstić information content (AvgIpc) is 2.27. The van der Waals surface area contributed by atoms with E-state index in [0.717, 1.165) is 0 Å². The Morgan fingerprint density at radius 3 is 2.76 bits per heavy atom. The van der Waals surface area contributed by atoms with E-state index >= 15 is 0 Å². The number of halogens is 2. The molecule has 0 saturated heterocycles. The predicted octanol–water partition coefficient (Wildman–Crippen LogP) is 2.65. The molecule has 0 bridgehead atoms. The van der Waals surface area contributed by atoms with Gasteiger partial charge in [0.2, 0.25) is 0 Å². The number of aliphatic hydroxyl groups is 1. The molecule has 2 rings (SSSR count). The molecular formula is C12H10BrFN2O. The maximum atomic E-state index is 13.2. The molecule has 0 aliphatic heterocycles. The third kappa shape index (κ3) is 2.62. The lowest BCUT2D eigenvalue weighted by Gasteiger charge is -2.13. The summed E-state index contributed by atoms with van der Waals surface area (Å²) in [6.45, 7) is 0. The number of nitrogen functional groups attached to an aromatic ring is 1. The molecule has 3 N–H and O–H groups in total. The summed E-state index contributed by atoms with van der Waals surface area (Å²) in [7, 11) is 0. The first kappa shape index (κ1) is 12.0. The second-order valence-corrected chi connectivity index (χ2v) is 4.50. The third-order valence-electron chi connectivity index (χ3n) is 2.37. The zero-order valence-electron chi connectivity index (χ0n) is 8.77. The van der Waals surface area contributed by atoms with Crippen molar-refractivity contribution < 1.29 is 9.50 Å². The molecule has 0 fully saturated rings. The van der Waals surface area contributed by atoms with E-state index < -0.39 is 11.9 Å². The smallest absolute Gasteiger partial charge is 0.129 e. The largest absolute Gasteiger partial charge is 0.384 e. The number of hydrogen-bond acceptors (Lipinski definition) is 3. The van der Waals surface area contributed by atoms with E-state index in [1.165, 1.54) is 18.3 Å². The average molecular weight is 297 g/mol. The van der Waals surface area contributed by atoms with Crippen molar-refractivity contribution in [2.75, 3.05) is 5.73 Å². The molecule has 0 aliphatic rings. The molecule has 88 valence electrons. The lowest BCUT2D eigenvalue weighted by molar-refractivity contribution is 0.220. The number of benzene rings is 1. The lowest BCUT2D eigenvalue weighted by atomic mass is 10.0. The summed E-state index contributed by atoms with van der Waals surface area (Å²) >= 11 is 3.17. The predicted molar refractivity (Wildman–Crippen MR) is 66.8 cm³/mol. The van der Waals surface area contributed by atoms with Crippen LogP contribution in [0.4, 0.5) is 10.2 Å². The fourth-order valence-electron chi connectivity index (χ4n) is 1.57. The van der Waals surface area contributed by atoms with Gasteiger partial charge in [0.25, 0.3) is 0 Å². The zero-order valence-corrected chi connectivity index (χ0v) is 10.4. The van der Waals surface area contributed by atoms with Crippen molar-refractivity contribution in [2.24, 2.45) is 0 Å². The van der Waals surface area contributed by atoms with Gasteiger partial charge in [0, 0.05) is 16.2 Å². The monoisotopic (exact) mass is 296 g/mol. The van der Waals surface area contributed by atoms with Gasteiger partial charge >= 0.3 is 0 Å². The summed E-state index contributed by atoms with van der Waals surface area (Å²) in [5.41, 5.74) is 6.55. The van der Waals surface area contributed by atoms with Crippen LogP contribution < -0.4 is 5.73 Å². The van der Waals surface area contributed by atoms with Crippen LogP contribution in [0, 0.1) is 5.82 Å². The van der Waals surface area contributed by atoms with Crippen LogP contribution in [0.3, 0.4) is 0 Å². The van der Waals surface area contributed by atoms with Crippen molar-refractivity contribution in [2.45, 2.75) is 6.10 Å². The minimum atomic E-state index is -0.990. The molecule has 1 heterocycles. The van der Waals surface area contributed by atoms with Crippen LogP contribution in [-0.2, 0) is 0 Å². The van der Waals surface area contributed by atoms with Crippen molar-refractivity contribution in [3.8, 4) is 0 Å². The Labute approximate surface area is 106 Å². The Morgan fingerprint density at radius 2 is 2.12 bits per heavy atom. The molecule has 1 unspecified atom stereocenters. The van der Waals surface area contributed by atoms with Crippen LogP contribution >= 0.6 is 15.9 Å². The Balaban J connectivity index is 2.43. The fourth-order valence-corrected chi connectivity index (χ4v) is 2.06. The quantitative estimate of drug-likeness (QED) is 0.896. The van der Waals surface area contributed by atoms with Gasteiger partial charge in [0.15, 0.2) is 0 Å². The van der Waals surface area contributed by atoms with Gasteiger partial charge in [-0.1, -0.05) is 22.0 Å². The minimum absolute atomic E-state index is 0.236. The first-order valence-electron chi connectivity index (χ1n) is 4.92. The molecule has 0 aliphatic carbocycles. The first-order chi connectivity index (χ1) is 8.08. The number of hydrogen-bond donors (Lipinski definition) is 2. The molecule has 3 nitrogen and oxygen atoms in total. The summed E-state index contributed by atoms with van der Waals surface area (Å²) in [5, 5.41) is 10.1. The Kier molecular flexibility index (Phi) is 3.40. The van der Waals surface area contributed by atoms with Crippen molar-refractivity contribution in [1.29, 1.82) is 0 Å². The molecule has 0 radical (unpaired) electrons. The number of nitrogens with zero attached hydrogens (tertiary/aromatic N) is 1. The van der Waals surface area contributed by atoms with E-state index in [4.69, 9.17) is 5.73 Å². The van der Waals surface area contributed by atoms with E-state index in [1.54, 1.807) is 18.2 Å². The highest BCUT2D eigenvalue weighted by Crippen LogP contribution is 2.27. The molecule has 0 spiro atoms. The lowest BCUT2D eigenvalue weighted by Crippen LogP contribution is -2.05. The van der Waals surface area contributed by atoms with Gasteiger partial charge in [-0.15, -0.1) is 0 Å². The number of aliphatic hydroxyl groups excluding tert-OH is 1. The van der Waals surface area contributed by atoms with Crippen molar-refractivity contribution in [3.05, 3.63) is 57.9 Å². The molecular weight excluding hydrogens is 287 g/mol. The summed E-state index contributed by atoms with van der Waals surface area (Å²) in [6.07, 6.45) is 0.545. The molecule has 1 aromatic heterocycles. The molecule has 0 amide bonds. The molecule has 5 heteroatoms. The first-order valence-corrected chi connectivity index (χ1v) is 5.71. The highest BCUT2D eigenvalue weighted by Gasteiger charge is 2.15. The number of rotatable bonds is 2. The van der Waals surface area contributed by atoms with E-state index in [-0.39, 0.29) is 5.82 Å². The molecule has 2 aromatic rings. The summed E-state index contributed by atoms with van der Waals surface area (Å²) in [5.74, 6) is -0.184. The van der Waals surface area contributed by atoms with E-state index in [0.29, 0.717) is 15.6 Å². The van der Waals surface area contributed by atoms with Gasteiger partial charge in [-0.25, -0.2) is 9.37 Å². The van der Waals surface area contributed by atoms with Gasteiger partial charge in [0.05, 0.1) is 0 Å². The number of anilines is 1. The topological polar surface area (TPSA) is 59.1 Å². The molecule has 1 atom stereocenters. The minimum Gasteiger partial charge on any atom is -0.384 e. The number of aromatic nitrogens is 1. The van der Waals surface area contributed by atoms with Crippen LogP contribution in [0.15, 0.2) is 41.0 Å². The van der Waals surface area contributed by atoms with Gasteiger partial charge in [-0.2, -0.15) is 0 Å². The van der Waals surface area contributed by atoms with Crippen molar-refractivity contribution in [3.63, 3.8) is 0 Å². The summed E-state index contributed by atoms with van der Waals surface area (Å²) in [4.78, 5) is 3.88. The van der Waals surface area contributed by atoms with Crippen molar-refractivity contribution in [1.82, 2.24) is 4.98 Å².